The fourth-order valence-corrected chi connectivity index (χ4v) is 4.75. The highest BCUT2D eigenvalue weighted by Gasteiger charge is 2.54. The number of halogens is 2. The first-order valence-corrected chi connectivity index (χ1v) is 11.0. The van der Waals surface area contributed by atoms with Gasteiger partial charge in [0.15, 0.2) is 11.3 Å². The van der Waals surface area contributed by atoms with Crippen LogP contribution in [0.5, 0.6) is 0 Å². The number of likely N-dealkylation sites (tertiary alicyclic amines) is 1. The number of hydrogen-bond donors (Lipinski definition) is 1. The van der Waals surface area contributed by atoms with E-state index in [0.717, 1.165) is 31.6 Å². The Balaban J connectivity index is 1.12. The standard InChI is InChI=1S/C24H24F2N4O3/c1-23(25,26)20-3-2-16(12-28-20)22(32)30-8-5-24(6-9-30)11-17(24)13-29-21(31)18-10-15-4-7-27-14-19(15)33-18/h2-4,7,10,12,14,17H,5-6,8-9,11,13H2,1H3,(H,29,31). The number of alkyl halides is 2. The molecule has 4 heterocycles. The smallest absolute Gasteiger partial charge is 0.287 e. The highest BCUT2D eigenvalue weighted by atomic mass is 19.3. The number of furan rings is 1. The number of carbonyl (C=O) groups excluding carboxylic acids is 2. The van der Waals surface area contributed by atoms with Gasteiger partial charge in [0.05, 0.1) is 11.8 Å². The summed E-state index contributed by atoms with van der Waals surface area (Å²) in [4.78, 5) is 34.7. The van der Waals surface area contributed by atoms with Crippen molar-refractivity contribution in [1.82, 2.24) is 20.2 Å². The normalized spacial score (nSPS) is 19.6. The van der Waals surface area contributed by atoms with E-state index in [1.54, 1.807) is 29.4 Å². The molecular weight excluding hydrogens is 430 g/mol. The van der Waals surface area contributed by atoms with Crippen molar-refractivity contribution < 1.29 is 22.8 Å². The van der Waals surface area contributed by atoms with Crippen LogP contribution in [0.25, 0.3) is 11.0 Å². The Morgan fingerprint density at radius 1 is 1.24 bits per heavy atom. The fraction of sp³-hybridized carbons (Fsp3) is 0.417. The van der Waals surface area contributed by atoms with Crippen molar-refractivity contribution in [3.63, 3.8) is 0 Å². The number of rotatable bonds is 5. The predicted molar refractivity (Wildman–Crippen MR) is 116 cm³/mol. The molecule has 5 rings (SSSR count). The van der Waals surface area contributed by atoms with E-state index in [-0.39, 0.29) is 28.7 Å². The monoisotopic (exact) mass is 454 g/mol. The number of fused-ring (bicyclic) bond motifs is 1. The first-order valence-electron chi connectivity index (χ1n) is 11.0. The molecule has 1 saturated carbocycles. The number of nitrogens with one attached hydrogen (secondary N) is 1. The van der Waals surface area contributed by atoms with Crippen molar-refractivity contribution in [2.24, 2.45) is 11.3 Å². The first-order chi connectivity index (χ1) is 15.7. The lowest BCUT2D eigenvalue weighted by molar-refractivity contribution is 0.0126. The molecule has 1 N–H and O–H groups in total. The molecule has 2 aliphatic rings. The summed E-state index contributed by atoms with van der Waals surface area (Å²) in [6.07, 6.45) is 7.19. The summed E-state index contributed by atoms with van der Waals surface area (Å²) in [5.41, 5.74) is 0.697. The minimum absolute atomic E-state index is 0.147. The van der Waals surface area contributed by atoms with Crippen molar-refractivity contribution >= 4 is 22.8 Å². The van der Waals surface area contributed by atoms with E-state index in [2.05, 4.69) is 15.3 Å². The van der Waals surface area contributed by atoms with Crippen molar-refractivity contribution in [2.45, 2.75) is 32.1 Å². The maximum Gasteiger partial charge on any atom is 0.287 e. The van der Waals surface area contributed by atoms with Gasteiger partial charge in [-0.3, -0.25) is 19.6 Å². The molecule has 1 unspecified atom stereocenters. The Morgan fingerprint density at radius 2 is 2.03 bits per heavy atom. The molecule has 1 saturated heterocycles. The molecule has 9 heteroatoms. The summed E-state index contributed by atoms with van der Waals surface area (Å²) in [7, 11) is 0. The van der Waals surface area contributed by atoms with Crippen LogP contribution in [-0.4, -0.2) is 46.3 Å². The van der Waals surface area contributed by atoms with E-state index in [9.17, 15) is 18.4 Å². The largest absolute Gasteiger partial charge is 0.449 e. The summed E-state index contributed by atoms with van der Waals surface area (Å²) in [6, 6.07) is 6.12. The number of piperidine rings is 1. The number of aromatic nitrogens is 2. The van der Waals surface area contributed by atoms with Gasteiger partial charge in [-0.05, 0) is 54.9 Å². The molecule has 0 aromatic carbocycles. The van der Waals surface area contributed by atoms with Crippen molar-refractivity contribution in [1.29, 1.82) is 0 Å². The van der Waals surface area contributed by atoms with Gasteiger partial charge in [-0.15, -0.1) is 0 Å². The quantitative estimate of drug-likeness (QED) is 0.630. The number of hydrogen-bond acceptors (Lipinski definition) is 5. The number of pyridine rings is 2. The van der Waals surface area contributed by atoms with Crippen LogP contribution in [-0.2, 0) is 5.92 Å². The zero-order valence-electron chi connectivity index (χ0n) is 18.2. The Labute approximate surface area is 189 Å². The highest BCUT2D eigenvalue weighted by molar-refractivity contribution is 5.96. The molecule has 1 aliphatic heterocycles. The molecule has 3 aromatic rings. The molecule has 0 radical (unpaired) electrons. The zero-order chi connectivity index (χ0) is 23.2. The maximum atomic E-state index is 13.3. The first kappa shape index (κ1) is 21.5. The molecule has 3 aromatic heterocycles. The van der Waals surface area contributed by atoms with Gasteiger partial charge in [-0.1, -0.05) is 0 Å². The molecule has 7 nitrogen and oxygen atoms in total. The Morgan fingerprint density at radius 3 is 2.70 bits per heavy atom. The molecule has 2 amide bonds. The van der Waals surface area contributed by atoms with Gasteiger partial charge in [-0.25, -0.2) is 0 Å². The average Bonchev–Trinajstić information content (AvgIpc) is 3.28. The molecule has 1 atom stereocenters. The molecular formula is C24H24F2N4O3. The maximum absolute atomic E-state index is 13.3. The van der Waals surface area contributed by atoms with E-state index in [1.165, 1.54) is 18.3 Å². The minimum Gasteiger partial charge on any atom is -0.449 e. The van der Waals surface area contributed by atoms with E-state index in [1.807, 2.05) is 0 Å². The SMILES string of the molecule is CC(F)(F)c1ccc(C(=O)N2CCC3(CC2)CC3CNC(=O)c2cc3ccncc3o2)cn1. The summed E-state index contributed by atoms with van der Waals surface area (Å²) >= 11 is 0. The van der Waals surface area contributed by atoms with Crippen molar-refractivity contribution in [3.05, 3.63) is 59.9 Å². The van der Waals surface area contributed by atoms with Crippen LogP contribution in [0, 0.1) is 11.3 Å². The average molecular weight is 454 g/mol. The van der Waals surface area contributed by atoms with Crippen LogP contribution in [0.1, 0.15) is 52.8 Å². The lowest BCUT2D eigenvalue weighted by atomic mass is 9.90. The Kier molecular flexibility index (Phi) is 5.14. The van der Waals surface area contributed by atoms with E-state index < -0.39 is 5.92 Å². The van der Waals surface area contributed by atoms with Gasteiger partial charge >= 0.3 is 0 Å². The summed E-state index contributed by atoms with van der Waals surface area (Å²) < 4.78 is 32.2. The third-order valence-corrected chi connectivity index (χ3v) is 6.92. The van der Waals surface area contributed by atoms with E-state index in [4.69, 9.17) is 4.42 Å². The summed E-state index contributed by atoms with van der Waals surface area (Å²) in [5, 5.41) is 3.80. The third-order valence-electron chi connectivity index (χ3n) is 6.92. The molecule has 1 aliphatic carbocycles. The van der Waals surface area contributed by atoms with Gasteiger partial charge in [0.2, 0.25) is 0 Å². The second kappa shape index (κ2) is 7.90. The van der Waals surface area contributed by atoms with E-state index >= 15 is 0 Å². The van der Waals surface area contributed by atoms with Crippen LogP contribution in [0.3, 0.4) is 0 Å². The molecule has 0 bridgehead atoms. The lowest BCUT2D eigenvalue weighted by Gasteiger charge is -2.33. The molecule has 172 valence electrons. The van der Waals surface area contributed by atoms with Gasteiger partial charge in [0, 0.05) is 44.3 Å². The number of amides is 2. The number of carbonyl (C=O) groups is 2. The zero-order valence-corrected chi connectivity index (χ0v) is 18.2. The Hall–Kier alpha value is -3.36. The van der Waals surface area contributed by atoms with Crippen LogP contribution in [0.15, 0.2) is 47.3 Å². The predicted octanol–water partition coefficient (Wildman–Crippen LogP) is 4.01. The molecule has 2 fully saturated rings. The third kappa shape index (κ3) is 4.19. The topological polar surface area (TPSA) is 88.3 Å². The Bertz CT molecular complexity index is 1160. The van der Waals surface area contributed by atoms with Crippen LogP contribution in [0.2, 0.25) is 0 Å². The second-order valence-electron chi connectivity index (χ2n) is 9.11. The van der Waals surface area contributed by atoms with Crippen molar-refractivity contribution in [2.75, 3.05) is 19.6 Å². The van der Waals surface area contributed by atoms with Gasteiger partial charge < -0.3 is 14.6 Å². The minimum atomic E-state index is -3.03. The van der Waals surface area contributed by atoms with Crippen LogP contribution >= 0.6 is 0 Å². The highest BCUT2D eigenvalue weighted by Crippen LogP contribution is 2.59. The lowest BCUT2D eigenvalue weighted by Crippen LogP contribution is -2.40. The van der Waals surface area contributed by atoms with Crippen molar-refractivity contribution in [3.8, 4) is 0 Å². The van der Waals surface area contributed by atoms with Gasteiger partial charge in [0.25, 0.3) is 17.7 Å². The van der Waals surface area contributed by atoms with Crippen LogP contribution < -0.4 is 5.32 Å². The fourth-order valence-electron chi connectivity index (χ4n) is 4.75. The van der Waals surface area contributed by atoms with Crippen LogP contribution in [0.4, 0.5) is 8.78 Å². The summed E-state index contributed by atoms with van der Waals surface area (Å²) in [5.74, 6) is -2.81. The summed E-state index contributed by atoms with van der Waals surface area (Å²) in [6.45, 7) is 2.55. The van der Waals surface area contributed by atoms with Gasteiger partial charge in [-0.2, -0.15) is 8.78 Å². The second-order valence-corrected chi connectivity index (χ2v) is 9.11. The molecule has 33 heavy (non-hydrogen) atoms. The van der Waals surface area contributed by atoms with Gasteiger partial charge in [0.1, 0.15) is 5.69 Å². The van der Waals surface area contributed by atoms with E-state index in [0.29, 0.717) is 36.7 Å². The number of nitrogens with zero attached hydrogens (tertiary/aromatic N) is 3. The molecule has 1 spiro atoms.